The predicted molar refractivity (Wildman–Crippen MR) is 74.6 cm³/mol. The monoisotopic (exact) mass is 270 g/mol. The Morgan fingerprint density at radius 3 is 2.95 bits per heavy atom. The van der Waals surface area contributed by atoms with Gasteiger partial charge < -0.3 is 14.6 Å². The molecule has 4 nitrogen and oxygen atoms in total. The highest BCUT2D eigenvalue weighted by atomic mass is 16.5. The summed E-state index contributed by atoms with van der Waals surface area (Å²) in [5.74, 6) is 1.11. The van der Waals surface area contributed by atoms with Crippen molar-refractivity contribution in [2.45, 2.75) is 18.9 Å². The molecule has 0 fully saturated rings. The van der Waals surface area contributed by atoms with Crippen molar-refractivity contribution in [3.63, 3.8) is 0 Å². The van der Waals surface area contributed by atoms with E-state index in [-0.39, 0.29) is 0 Å². The third kappa shape index (κ3) is 2.59. The number of carbonyl (C=O) groups is 1. The fourth-order valence-corrected chi connectivity index (χ4v) is 2.13. The van der Waals surface area contributed by atoms with Crippen LogP contribution < -0.4 is 9.47 Å². The molecule has 20 heavy (non-hydrogen) atoms. The number of ether oxygens (including phenoxy) is 2. The molecule has 0 bridgehead atoms. The second-order valence-electron chi connectivity index (χ2n) is 4.62. The standard InChI is InChI=1S/C16H14O4/c17-16(18)15-8-6-11-10-13(7-9-14(11)20-15)19-12-4-2-1-3-5-12/h2,4-10,15H,1,3H2,(H,17,18). The highest BCUT2D eigenvalue weighted by Crippen LogP contribution is 2.30. The van der Waals surface area contributed by atoms with Crippen LogP contribution in [-0.2, 0) is 4.79 Å². The molecule has 1 aliphatic carbocycles. The molecule has 0 aromatic heterocycles. The van der Waals surface area contributed by atoms with E-state index in [0.29, 0.717) is 11.5 Å². The van der Waals surface area contributed by atoms with Crippen LogP contribution in [0.25, 0.3) is 6.08 Å². The maximum atomic E-state index is 10.9. The molecule has 4 heteroatoms. The molecule has 1 unspecified atom stereocenters. The van der Waals surface area contributed by atoms with Crippen LogP contribution in [0.1, 0.15) is 18.4 Å². The van der Waals surface area contributed by atoms with Crippen molar-refractivity contribution in [3.05, 3.63) is 53.8 Å². The van der Waals surface area contributed by atoms with Gasteiger partial charge in [0, 0.05) is 5.56 Å². The molecule has 0 saturated heterocycles. The van der Waals surface area contributed by atoms with E-state index in [1.165, 1.54) is 6.08 Å². The van der Waals surface area contributed by atoms with Gasteiger partial charge in [-0.05, 0) is 49.3 Å². The molecule has 1 aromatic carbocycles. The van der Waals surface area contributed by atoms with E-state index in [1.54, 1.807) is 18.2 Å². The molecule has 2 aliphatic rings. The van der Waals surface area contributed by atoms with Gasteiger partial charge in [0.15, 0.2) is 0 Å². The molecular formula is C16H14O4. The van der Waals surface area contributed by atoms with Gasteiger partial charge in [0.2, 0.25) is 6.10 Å². The van der Waals surface area contributed by atoms with Crippen LogP contribution in [0.15, 0.2) is 48.3 Å². The van der Waals surface area contributed by atoms with Crippen LogP contribution in [-0.4, -0.2) is 17.2 Å². The van der Waals surface area contributed by atoms with Crippen molar-refractivity contribution in [1.29, 1.82) is 0 Å². The zero-order valence-corrected chi connectivity index (χ0v) is 10.8. The summed E-state index contributed by atoms with van der Waals surface area (Å²) in [5.41, 5.74) is 0.820. The summed E-state index contributed by atoms with van der Waals surface area (Å²) in [6.45, 7) is 0. The van der Waals surface area contributed by atoms with Crippen LogP contribution in [0.5, 0.6) is 11.5 Å². The van der Waals surface area contributed by atoms with Gasteiger partial charge in [0.25, 0.3) is 0 Å². The van der Waals surface area contributed by atoms with Crippen molar-refractivity contribution in [2.24, 2.45) is 0 Å². The quantitative estimate of drug-likeness (QED) is 0.916. The fraction of sp³-hybridized carbons (Fsp3) is 0.188. The summed E-state index contributed by atoms with van der Waals surface area (Å²) in [4.78, 5) is 10.9. The molecule has 1 heterocycles. The van der Waals surface area contributed by atoms with Gasteiger partial charge in [-0.3, -0.25) is 0 Å². The van der Waals surface area contributed by atoms with E-state index < -0.39 is 12.1 Å². The summed E-state index contributed by atoms with van der Waals surface area (Å²) in [5, 5.41) is 8.92. The van der Waals surface area contributed by atoms with E-state index in [9.17, 15) is 4.79 Å². The van der Waals surface area contributed by atoms with E-state index >= 15 is 0 Å². The first-order chi connectivity index (χ1) is 9.72. The molecule has 102 valence electrons. The van der Waals surface area contributed by atoms with Crippen LogP contribution in [0, 0.1) is 0 Å². The van der Waals surface area contributed by atoms with Crippen molar-refractivity contribution in [3.8, 4) is 11.5 Å². The summed E-state index contributed by atoms with van der Waals surface area (Å²) in [6.07, 6.45) is 10.5. The van der Waals surface area contributed by atoms with Gasteiger partial charge in [-0.1, -0.05) is 12.2 Å². The Labute approximate surface area is 116 Å². The number of aliphatic carboxylic acids is 1. The minimum absolute atomic E-state index is 0.556. The highest BCUT2D eigenvalue weighted by Gasteiger charge is 2.21. The molecule has 1 aliphatic heterocycles. The van der Waals surface area contributed by atoms with E-state index in [1.807, 2.05) is 18.2 Å². The van der Waals surface area contributed by atoms with Crippen molar-refractivity contribution < 1.29 is 19.4 Å². The smallest absolute Gasteiger partial charge is 0.349 e. The molecule has 3 rings (SSSR count). The Balaban J connectivity index is 1.79. The predicted octanol–water partition coefficient (Wildman–Crippen LogP) is 3.16. The van der Waals surface area contributed by atoms with Gasteiger partial charge in [0.1, 0.15) is 17.3 Å². The lowest BCUT2D eigenvalue weighted by atomic mass is 10.1. The van der Waals surface area contributed by atoms with Gasteiger partial charge in [-0.2, -0.15) is 0 Å². The first-order valence-electron chi connectivity index (χ1n) is 6.49. The molecule has 1 atom stereocenters. The first-order valence-corrected chi connectivity index (χ1v) is 6.49. The van der Waals surface area contributed by atoms with E-state index in [4.69, 9.17) is 14.6 Å². The second kappa shape index (κ2) is 5.25. The number of allylic oxidation sites excluding steroid dienone is 3. The van der Waals surface area contributed by atoms with Gasteiger partial charge in [0.05, 0.1) is 0 Å². The zero-order valence-electron chi connectivity index (χ0n) is 10.8. The van der Waals surface area contributed by atoms with Gasteiger partial charge in [-0.15, -0.1) is 0 Å². The molecule has 0 radical (unpaired) electrons. The number of fused-ring (bicyclic) bond motifs is 1. The fourth-order valence-electron chi connectivity index (χ4n) is 2.13. The minimum Gasteiger partial charge on any atom is -0.478 e. The average Bonchev–Trinajstić information content (AvgIpc) is 2.47. The highest BCUT2D eigenvalue weighted by molar-refractivity contribution is 5.79. The van der Waals surface area contributed by atoms with Crippen LogP contribution >= 0.6 is 0 Å². The lowest BCUT2D eigenvalue weighted by Gasteiger charge is -2.19. The van der Waals surface area contributed by atoms with Crippen LogP contribution in [0.3, 0.4) is 0 Å². The summed E-state index contributed by atoms with van der Waals surface area (Å²) in [7, 11) is 0. The van der Waals surface area contributed by atoms with Crippen molar-refractivity contribution in [2.75, 3.05) is 0 Å². The number of carboxylic acids is 1. The molecule has 1 aromatic rings. The summed E-state index contributed by atoms with van der Waals surface area (Å²) in [6, 6.07) is 5.35. The lowest BCUT2D eigenvalue weighted by Crippen LogP contribution is -2.26. The SMILES string of the molecule is O=C(O)C1C=Cc2cc(OC3=CCCC=C3)ccc2O1. The third-order valence-corrected chi connectivity index (χ3v) is 3.13. The van der Waals surface area contributed by atoms with Crippen LogP contribution in [0.2, 0.25) is 0 Å². The van der Waals surface area contributed by atoms with Crippen molar-refractivity contribution >= 4 is 12.0 Å². The molecule has 0 spiro atoms. The molecule has 0 saturated carbocycles. The Hall–Kier alpha value is -2.49. The largest absolute Gasteiger partial charge is 0.478 e. The normalized spacial score (nSPS) is 19.8. The molecular weight excluding hydrogens is 256 g/mol. The van der Waals surface area contributed by atoms with Crippen LogP contribution in [0.4, 0.5) is 0 Å². The minimum atomic E-state index is -0.996. The Morgan fingerprint density at radius 1 is 1.30 bits per heavy atom. The topological polar surface area (TPSA) is 55.8 Å². The lowest BCUT2D eigenvalue weighted by molar-refractivity contribution is -0.142. The summed E-state index contributed by atoms with van der Waals surface area (Å²) >= 11 is 0. The number of benzene rings is 1. The number of carboxylic acid groups (broad SMARTS) is 1. The second-order valence-corrected chi connectivity index (χ2v) is 4.62. The number of hydrogen-bond acceptors (Lipinski definition) is 3. The van der Waals surface area contributed by atoms with Gasteiger partial charge >= 0.3 is 5.97 Å². The number of rotatable bonds is 3. The zero-order chi connectivity index (χ0) is 13.9. The molecule has 1 N–H and O–H groups in total. The number of hydrogen-bond donors (Lipinski definition) is 1. The maximum Gasteiger partial charge on any atom is 0.349 e. The van der Waals surface area contributed by atoms with E-state index in [2.05, 4.69) is 6.08 Å². The molecule has 0 amide bonds. The Bertz CT molecular complexity index is 625. The first kappa shape index (κ1) is 12.5. The maximum absolute atomic E-state index is 10.9. The van der Waals surface area contributed by atoms with Crippen molar-refractivity contribution in [1.82, 2.24) is 0 Å². The Morgan fingerprint density at radius 2 is 2.20 bits per heavy atom. The third-order valence-electron chi connectivity index (χ3n) is 3.13. The Kier molecular flexibility index (Phi) is 3.29. The average molecular weight is 270 g/mol. The summed E-state index contributed by atoms with van der Waals surface area (Å²) < 4.78 is 11.1. The van der Waals surface area contributed by atoms with Gasteiger partial charge in [-0.25, -0.2) is 4.79 Å². The van der Waals surface area contributed by atoms with E-state index in [0.717, 1.165) is 24.2 Å².